The highest BCUT2D eigenvalue weighted by Crippen LogP contribution is 2.20. The highest BCUT2D eigenvalue weighted by molar-refractivity contribution is 5.83. The van der Waals surface area contributed by atoms with Crippen LogP contribution in [0.25, 0.3) is 0 Å². The van der Waals surface area contributed by atoms with Crippen molar-refractivity contribution in [3.8, 4) is 0 Å². The molecule has 0 aliphatic carbocycles. The molecular weight excluding hydrogens is 340 g/mol. The monoisotopic (exact) mass is 368 g/mol. The van der Waals surface area contributed by atoms with Crippen molar-refractivity contribution in [1.29, 1.82) is 0 Å². The quantitative estimate of drug-likeness (QED) is 0.675. The Labute approximate surface area is 161 Å². The van der Waals surface area contributed by atoms with E-state index in [0.717, 1.165) is 17.7 Å². The minimum absolute atomic E-state index is 0.0252. The van der Waals surface area contributed by atoms with Crippen molar-refractivity contribution < 1.29 is 14.7 Å². The lowest BCUT2D eigenvalue weighted by Gasteiger charge is -2.29. The van der Waals surface area contributed by atoms with Crippen LogP contribution >= 0.6 is 0 Å². The van der Waals surface area contributed by atoms with E-state index in [1.54, 1.807) is 0 Å². The van der Waals surface area contributed by atoms with Crippen molar-refractivity contribution in [2.24, 2.45) is 0 Å². The average molecular weight is 368 g/mol. The van der Waals surface area contributed by atoms with Crippen LogP contribution in [0.4, 0.5) is 0 Å². The van der Waals surface area contributed by atoms with Gasteiger partial charge in [0.05, 0.1) is 0 Å². The van der Waals surface area contributed by atoms with Crippen molar-refractivity contribution in [2.45, 2.75) is 38.3 Å². The lowest BCUT2D eigenvalue weighted by atomic mass is 9.99. The van der Waals surface area contributed by atoms with Crippen LogP contribution in [0.3, 0.4) is 0 Å². The van der Waals surface area contributed by atoms with E-state index in [2.05, 4.69) is 5.32 Å². The van der Waals surface area contributed by atoms with E-state index in [-0.39, 0.29) is 18.4 Å². The van der Waals surface area contributed by atoms with Gasteiger partial charge in [0, 0.05) is 12.5 Å². The molecule has 0 aromatic heterocycles. The van der Waals surface area contributed by atoms with Crippen molar-refractivity contribution in [2.75, 3.05) is 13.6 Å². The zero-order valence-electron chi connectivity index (χ0n) is 16.0. The van der Waals surface area contributed by atoms with Crippen molar-refractivity contribution in [1.82, 2.24) is 10.2 Å². The molecule has 5 heteroatoms. The predicted molar refractivity (Wildman–Crippen MR) is 106 cm³/mol. The molecule has 0 heterocycles. The third-order valence-corrected chi connectivity index (χ3v) is 4.68. The van der Waals surface area contributed by atoms with Gasteiger partial charge in [-0.15, -0.1) is 0 Å². The molecule has 2 N–H and O–H groups in total. The van der Waals surface area contributed by atoms with Crippen LogP contribution in [-0.4, -0.2) is 41.5 Å². The summed E-state index contributed by atoms with van der Waals surface area (Å²) in [5.74, 6) is -0.954. The zero-order valence-corrected chi connectivity index (χ0v) is 16.0. The summed E-state index contributed by atoms with van der Waals surface area (Å²) in [6.07, 6.45) is 1.03. The molecule has 2 rings (SSSR count). The standard InChI is InChI=1S/C22H28N2O3/c1-3-24(2)21(18-12-8-5-9-13-18)22(27)23-19(14-15-20(25)26)16-17-10-6-4-7-11-17/h4-13,19,21H,3,14-16H2,1-2H3,(H,23,27)(H,25,26). The highest BCUT2D eigenvalue weighted by atomic mass is 16.4. The number of benzene rings is 2. The van der Waals surface area contributed by atoms with Gasteiger partial charge in [0.25, 0.3) is 0 Å². The molecule has 0 spiro atoms. The first-order valence-electron chi connectivity index (χ1n) is 9.32. The van der Waals surface area contributed by atoms with E-state index in [0.29, 0.717) is 12.8 Å². The molecule has 1 amide bonds. The molecule has 0 aliphatic rings. The maximum atomic E-state index is 13.1. The number of likely N-dealkylation sites (N-methyl/N-ethyl adjacent to an activating group) is 1. The number of carboxylic acids is 1. The van der Waals surface area contributed by atoms with Crippen LogP contribution < -0.4 is 5.32 Å². The number of carboxylic acid groups (broad SMARTS) is 1. The molecule has 5 nitrogen and oxygen atoms in total. The minimum Gasteiger partial charge on any atom is -0.481 e. The summed E-state index contributed by atoms with van der Waals surface area (Å²) < 4.78 is 0. The van der Waals surface area contributed by atoms with Gasteiger partial charge < -0.3 is 10.4 Å². The Bertz CT molecular complexity index is 719. The minimum atomic E-state index is -0.854. The molecule has 0 aliphatic heterocycles. The van der Waals surface area contributed by atoms with E-state index < -0.39 is 12.0 Å². The number of aliphatic carboxylic acids is 1. The fourth-order valence-electron chi connectivity index (χ4n) is 3.13. The Hall–Kier alpha value is -2.66. The second-order valence-corrected chi connectivity index (χ2v) is 6.71. The number of amides is 1. The maximum absolute atomic E-state index is 13.1. The van der Waals surface area contributed by atoms with E-state index in [4.69, 9.17) is 5.11 Å². The molecule has 144 valence electrons. The topological polar surface area (TPSA) is 69.6 Å². The van der Waals surface area contributed by atoms with Crippen LogP contribution in [0.5, 0.6) is 0 Å². The fourth-order valence-corrected chi connectivity index (χ4v) is 3.13. The van der Waals surface area contributed by atoms with E-state index in [1.807, 2.05) is 79.5 Å². The third kappa shape index (κ3) is 6.53. The van der Waals surface area contributed by atoms with Gasteiger partial charge in [-0.05, 0) is 37.6 Å². The molecule has 0 saturated carbocycles. The molecule has 2 atom stereocenters. The fraction of sp³-hybridized carbons (Fsp3) is 0.364. The van der Waals surface area contributed by atoms with Crippen molar-refractivity contribution in [3.05, 3.63) is 71.8 Å². The first-order valence-corrected chi connectivity index (χ1v) is 9.32. The predicted octanol–water partition coefficient (Wildman–Crippen LogP) is 3.27. The van der Waals surface area contributed by atoms with Crippen LogP contribution in [0.1, 0.15) is 36.9 Å². The number of nitrogens with zero attached hydrogens (tertiary/aromatic N) is 1. The number of hydrogen-bond donors (Lipinski definition) is 2. The van der Waals surface area contributed by atoms with Gasteiger partial charge in [-0.25, -0.2) is 0 Å². The van der Waals surface area contributed by atoms with Gasteiger partial charge in [-0.3, -0.25) is 14.5 Å². The average Bonchev–Trinajstić information content (AvgIpc) is 2.67. The first-order chi connectivity index (χ1) is 13.0. The summed E-state index contributed by atoms with van der Waals surface area (Å²) in [7, 11) is 1.92. The van der Waals surface area contributed by atoms with E-state index in [1.165, 1.54) is 0 Å². The van der Waals surface area contributed by atoms with Gasteiger partial charge in [0.2, 0.25) is 5.91 Å². The Morgan fingerprint density at radius 2 is 1.63 bits per heavy atom. The molecular formula is C22H28N2O3. The van der Waals surface area contributed by atoms with Crippen LogP contribution in [0.2, 0.25) is 0 Å². The Morgan fingerprint density at radius 1 is 1.04 bits per heavy atom. The normalized spacial score (nSPS) is 13.1. The van der Waals surface area contributed by atoms with Crippen molar-refractivity contribution >= 4 is 11.9 Å². The van der Waals surface area contributed by atoms with E-state index >= 15 is 0 Å². The largest absolute Gasteiger partial charge is 0.481 e. The van der Waals surface area contributed by atoms with Gasteiger partial charge in [0.1, 0.15) is 6.04 Å². The number of nitrogens with one attached hydrogen (secondary N) is 1. The third-order valence-electron chi connectivity index (χ3n) is 4.68. The number of hydrogen-bond acceptors (Lipinski definition) is 3. The van der Waals surface area contributed by atoms with Gasteiger partial charge in [-0.1, -0.05) is 67.6 Å². The first kappa shape index (κ1) is 20.6. The molecule has 27 heavy (non-hydrogen) atoms. The Morgan fingerprint density at radius 3 is 2.19 bits per heavy atom. The second-order valence-electron chi connectivity index (χ2n) is 6.71. The van der Waals surface area contributed by atoms with Crippen LogP contribution in [0.15, 0.2) is 60.7 Å². The number of carbonyl (C=O) groups excluding carboxylic acids is 1. The molecule has 0 radical (unpaired) electrons. The summed E-state index contributed by atoms with van der Waals surface area (Å²) >= 11 is 0. The van der Waals surface area contributed by atoms with Gasteiger partial charge >= 0.3 is 5.97 Å². The molecule has 0 saturated heterocycles. The van der Waals surface area contributed by atoms with Crippen LogP contribution in [-0.2, 0) is 16.0 Å². The molecule has 0 bridgehead atoms. The number of rotatable bonds is 10. The SMILES string of the molecule is CCN(C)C(C(=O)NC(CCC(=O)O)Cc1ccccc1)c1ccccc1. The van der Waals surface area contributed by atoms with Gasteiger partial charge in [-0.2, -0.15) is 0 Å². The zero-order chi connectivity index (χ0) is 19.6. The Kier molecular flexibility index (Phi) is 8.01. The Balaban J connectivity index is 2.16. The molecule has 2 aromatic rings. The van der Waals surface area contributed by atoms with Gasteiger partial charge in [0.15, 0.2) is 0 Å². The molecule has 0 fully saturated rings. The summed E-state index contributed by atoms with van der Waals surface area (Å²) in [6, 6.07) is 18.8. The maximum Gasteiger partial charge on any atom is 0.303 e. The van der Waals surface area contributed by atoms with E-state index in [9.17, 15) is 9.59 Å². The summed E-state index contributed by atoms with van der Waals surface area (Å²) in [4.78, 5) is 26.1. The van der Waals surface area contributed by atoms with Crippen molar-refractivity contribution in [3.63, 3.8) is 0 Å². The highest BCUT2D eigenvalue weighted by Gasteiger charge is 2.26. The summed E-state index contributed by atoms with van der Waals surface area (Å²) in [5, 5.41) is 12.1. The smallest absolute Gasteiger partial charge is 0.303 e. The number of carbonyl (C=O) groups is 2. The lowest BCUT2D eigenvalue weighted by Crippen LogP contribution is -2.44. The lowest BCUT2D eigenvalue weighted by molar-refractivity contribution is -0.137. The molecule has 2 aromatic carbocycles. The van der Waals surface area contributed by atoms with Crippen LogP contribution in [0, 0.1) is 0 Å². The second kappa shape index (κ2) is 10.5. The molecule has 2 unspecified atom stereocenters. The summed E-state index contributed by atoms with van der Waals surface area (Å²) in [6.45, 7) is 2.74. The summed E-state index contributed by atoms with van der Waals surface area (Å²) in [5.41, 5.74) is 2.00.